The maximum Gasteiger partial charge on any atom is 0.307 e. The number of benzene rings is 1. The molecule has 0 aliphatic rings. The van der Waals surface area contributed by atoms with Gasteiger partial charge in [-0.05, 0) is 33.1 Å². The van der Waals surface area contributed by atoms with E-state index < -0.39 is 11.9 Å². The summed E-state index contributed by atoms with van der Waals surface area (Å²) in [6.07, 6.45) is 0.417. The van der Waals surface area contributed by atoms with Crippen LogP contribution in [0.15, 0.2) is 12.1 Å². The Morgan fingerprint density at radius 3 is 1.96 bits per heavy atom. The zero-order valence-electron chi connectivity index (χ0n) is 15.0. The molecule has 0 fully saturated rings. The van der Waals surface area contributed by atoms with Crippen molar-refractivity contribution in [3.05, 3.63) is 17.7 Å². The second-order valence-corrected chi connectivity index (χ2v) is 5.54. The van der Waals surface area contributed by atoms with Gasteiger partial charge in [0.15, 0.2) is 0 Å². The molecule has 1 aromatic rings. The van der Waals surface area contributed by atoms with Crippen molar-refractivity contribution in [3.8, 4) is 17.2 Å². The second kappa shape index (κ2) is 10.0. The zero-order valence-corrected chi connectivity index (χ0v) is 15.0. The molecule has 0 saturated carbocycles. The van der Waals surface area contributed by atoms with E-state index in [1.165, 1.54) is 0 Å². The minimum atomic E-state index is -0.883. The van der Waals surface area contributed by atoms with Gasteiger partial charge in [0, 0.05) is 24.2 Å². The van der Waals surface area contributed by atoms with E-state index in [1.54, 1.807) is 0 Å². The van der Waals surface area contributed by atoms with E-state index in [2.05, 4.69) is 0 Å². The number of nitrogens with two attached hydrogens (primary N) is 1. The molecule has 0 aliphatic carbocycles. The van der Waals surface area contributed by atoms with Crippen molar-refractivity contribution in [3.63, 3.8) is 0 Å². The standard InChI is InChI=1S/C18H29NO5/c1-5-22-14-9-15(23-6-2)17(16(10-14)24-7-3)12(4)8-13(11-19)18(20)21/h9-10,12-13H,5-8,11,19H2,1-4H3,(H,20,21). The SMILES string of the molecule is CCOc1cc(OCC)c(C(C)CC(CN)C(=O)O)c(OCC)c1. The fourth-order valence-electron chi connectivity index (χ4n) is 2.71. The van der Waals surface area contributed by atoms with E-state index in [1.807, 2.05) is 39.8 Å². The normalized spacial score (nSPS) is 13.2. The predicted octanol–water partition coefficient (Wildman–Crippen LogP) is 3.04. The molecule has 0 saturated heterocycles. The highest BCUT2D eigenvalue weighted by Crippen LogP contribution is 2.41. The molecule has 3 N–H and O–H groups in total. The minimum Gasteiger partial charge on any atom is -0.494 e. The van der Waals surface area contributed by atoms with Gasteiger partial charge >= 0.3 is 5.97 Å². The van der Waals surface area contributed by atoms with Crippen LogP contribution >= 0.6 is 0 Å². The van der Waals surface area contributed by atoms with Crippen LogP contribution in [0.1, 0.15) is 45.6 Å². The first-order chi connectivity index (χ1) is 11.5. The number of hydrogen-bond donors (Lipinski definition) is 2. The molecular formula is C18H29NO5. The largest absolute Gasteiger partial charge is 0.494 e. The number of carbonyl (C=O) groups is 1. The average molecular weight is 339 g/mol. The summed E-state index contributed by atoms with van der Waals surface area (Å²) in [6, 6.07) is 3.67. The fourth-order valence-corrected chi connectivity index (χ4v) is 2.71. The smallest absolute Gasteiger partial charge is 0.307 e. The van der Waals surface area contributed by atoms with Crippen LogP contribution in [0, 0.1) is 5.92 Å². The molecule has 2 unspecified atom stereocenters. The van der Waals surface area contributed by atoms with Gasteiger partial charge < -0.3 is 25.1 Å². The Labute approximate surface area is 143 Å². The van der Waals surface area contributed by atoms with Gasteiger partial charge in [-0.25, -0.2) is 0 Å². The molecule has 0 amide bonds. The number of aliphatic carboxylic acids is 1. The molecule has 6 nitrogen and oxygen atoms in total. The van der Waals surface area contributed by atoms with Gasteiger partial charge in [0.25, 0.3) is 0 Å². The lowest BCUT2D eigenvalue weighted by atomic mass is 9.89. The van der Waals surface area contributed by atoms with Crippen LogP contribution in [-0.2, 0) is 4.79 Å². The summed E-state index contributed by atoms with van der Waals surface area (Å²) in [4.78, 5) is 11.3. The summed E-state index contributed by atoms with van der Waals surface area (Å²) in [6.45, 7) is 9.33. The summed E-state index contributed by atoms with van der Waals surface area (Å²) in [5, 5.41) is 9.27. The van der Waals surface area contributed by atoms with E-state index in [0.717, 1.165) is 5.56 Å². The third-order valence-corrected chi connectivity index (χ3v) is 3.75. The number of hydrogen-bond acceptors (Lipinski definition) is 5. The lowest BCUT2D eigenvalue weighted by molar-refractivity contribution is -0.141. The third kappa shape index (κ3) is 5.30. The number of rotatable bonds is 11. The molecule has 0 heterocycles. The van der Waals surface area contributed by atoms with Gasteiger partial charge in [-0.1, -0.05) is 6.92 Å². The maximum atomic E-state index is 11.3. The predicted molar refractivity (Wildman–Crippen MR) is 93.2 cm³/mol. The molecule has 0 aliphatic heterocycles. The topological polar surface area (TPSA) is 91.0 Å². The van der Waals surface area contributed by atoms with Crippen molar-refractivity contribution < 1.29 is 24.1 Å². The summed E-state index contributed by atoms with van der Waals surface area (Å²) < 4.78 is 17.1. The first kappa shape index (κ1) is 20.1. The van der Waals surface area contributed by atoms with Gasteiger partial charge in [-0.15, -0.1) is 0 Å². The monoisotopic (exact) mass is 339 g/mol. The van der Waals surface area contributed by atoms with Crippen molar-refractivity contribution >= 4 is 5.97 Å². The van der Waals surface area contributed by atoms with E-state index in [9.17, 15) is 9.90 Å². The van der Waals surface area contributed by atoms with Crippen molar-refractivity contribution in [2.45, 2.75) is 40.0 Å². The van der Waals surface area contributed by atoms with E-state index in [-0.39, 0.29) is 12.5 Å². The Morgan fingerprint density at radius 1 is 1.08 bits per heavy atom. The van der Waals surface area contributed by atoms with Crippen LogP contribution in [0.2, 0.25) is 0 Å². The van der Waals surface area contributed by atoms with Crippen LogP contribution in [0.3, 0.4) is 0 Å². The summed E-state index contributed by atoms with van der Waals surface area (Å²) in [7, 11) is 0. The van der Waals surface area contributed by atoms with Gasteiger partial charge in [0.1, 0.15) is 17.2 Å². The quantitative estimate of drug-likeness (QED) is 0.644. The molecule has 0 spiro atoms. The Balaban J connectivity index is 3.27. The molecule has 2 atom stereocenters. The first-order valence-electron chi connectivity index (χ1n) is 8.47. The van der Waals surface area contributed by atoms with Crippen LogP contribution in [0.4, 0.5) is 0 Å². The third-order valence-electron chi connectivity index (χ3n) is 3.75. The lowest BCUT2D eigenvalue weighted by Gasteiger charge is -2.23. The molecular weight excluding hydrogens is 310 g/mol. The molecule has 0 radical (unpaired) electrons. The highest BCUT2D eigenvalue weighted by Gasteiger charge is 2.25. The Hall–Kier alpha value is -1.95. The van der Waals surface area contributed by atoms with Gasteiger partial charge in [0.05, 0.1) is 25.7 Å². The van der Waals surface area contributed by atoms with E-state index in [4.69, 9.17) is 19.9 Å². The minimum absolute atomic E-state index is 0.0755. The molecule has 6 heteroatoms. The van der Waals surface area contributed by atoms with Crippen molar-refractivity contribution in [2.24, 2.45) is 11.7 Å². The van der Waals surface area contributed by atoms with Crippen LogP contribution < -0.4 is 19.9 Å². The molecule has 1 aromatic carbocycles. The van der Waals surface area contributed by atoms with Crippen molar-refractivity contribution in [2.75, 3.05) is 26.4 Å². The highest BCUT2D eigenvalue weighted by atomic mass is 16.5. The summed E-state index contributed by atoms with van der Waals surface area (Å²) >= 11 is 0. The van der Waals surface area contributed by atoms with Gasteiger partial charge in [-0.3, -0.25) is 4.79 Å². The fraction of sp³-hybridized carbons (Fsp3) is 0.611. The van der Waals surface area contributed by atoms with Crippen LogP contribution in [-0.4, -0.2) is 37.4 Å². The molecule has 0 bridgehead atoms. The number of carboxylic acids is 1. The summed E-state index contributed by atoms with van der Waals surface area (Å²) in [5.41, 5.74) is 6.46. The molecule has 1 rings (SSSR count). The summed E-state index contributed by atoms with van der Waals surface area (Å²) in [5.74, 6) is 0.449. The van der Waals surface area contributed by atoms with Crippen LogP contribution in [0.5, 0.6) is 17.2 Å². The van der Waals surface area contributed by atoms with E-state index >= 15 is 0 Å². The lowest BCUT2D eigenvalue weighted by Crippen LogP contribution is -2.25. The Kier molecular flexibility index (Phi) is 8.40. The zero-order chi connectivity index (χ0) is 18.1. The van der Waals surface area contributed by atoms with Crippen LogP contribution in [0.25, 0.3) is 0 Å². The van der Waals surface area contributed by atoms with Gasteiger partial charge in [0.2, 0.25) is 0 Å². The average Bonchev–Trinajstić information content (AvgIpc) is 2.53. The van der Waals surface area contributed by atoms with Gasteiger partial charge in [-0.2, -0.15) is 0 Å². The first-order valence-corrected chi connectivity index (χ1v) is 8.47. The Bertz CT molecular complexity index is 505. The highest BCUT2D eigenvalue weighted by molar-refractivity contribution is 5.70. The molecule has 136 valence electrons. The van der Waals surface area contributed by atoms with Crippen molar-refractivity contribution in [1.29, 1.82) is 0 Å². The number of carboxylic acid groups (broad SMARTS) is 1. The second-order valence-electron chi connectivity index (χ2n) is 5.54. The maximum absolute atomic E-state index is 11.3. The Morgan fingerprint density at radius 2 is 1.58 bits per heavy atom. The van der Waals surface area contributed by atoms with E-state index in [0.29, 0.717) is 43.5 Å². The molecule has 0 aromatic heterocycles. The molecule has 24 heavy (non-hydrogen) atoms. The van der Waals surface area contributed by atoms with Crippen molar-refractivity contribution in [1.82, 2.24) is 0 Å². The number of ether oxygens (including phenoxy) is 3.